The molecule has 2 fully saturated rings. The van der Waals surface area contributed by atoms with Crippen molar-refractivity contribution in [2.75, 3.05) is 18.4 Å². The lowest BCUT2D eigenvalue weighted by Crippen LogP contribution is -2.74. The Morgan fingerprint density at radius 2 is 1.98 bits per heavy atom. The monoisotopic (exact) mass is 561 g/mol. The third-order valence-corrected chi connectivity index (χ3v) is 10.9. The topological polar surface area (TPSA) is 87.0 Å². The zero-order chi connectivity index (χ0) is 28.4. The molecule has 0 unspecified atom stereocenters. The molecule has 214 valence electrons. The van der Waals surface area contributed by atoms with Crippen LogP contribution < -0.4 is 10.1 Å². The number of nitrogens with one attached hydrogen (secondary N) is 1. The van der Waals surface area contributed by atoms with Crippen molar-refractivity contribution in [3.05, 3.63) is 88.6 Å². The third-order valence-electron chi connectivity index (χ3n) is 10.9. The molecule has 7 heteroatoms. The van der Waals surface area contributed by atoms with Crippen LogP contribution in [0, 0.1) is 5.92 Å². The number of ether oxygens (including phenoxy) is 1. The number of piperidine rings is 1. The molecular weight excluding hydrogens is 526 g/mol. The van der Waals surface area contributed by atoms with E-state index in [-0.39, 0.29) is 17.7 Å². The molecule has 7 nitrogen and oxygen atoms in total. The fourth-order valence-corrected chi connectivity index (χ4v) is 9.11. The molecule has 1 amide bonds. The van der Waals surface area contributed by atoms with Gasteiger partial charge < -0.3 is 24.8 Å². The van der Waals surface area contributed by atoms with E-state index < -0.39 is 17.1 Å². The van der Waals surface area contributed by atoms with Gasteiger partial charge in [-0.15, -0.1) is 0 Å². The van der Waals surface area contributed by atoms with Gasteiger partial charge in [-0.25, -0.2) is 0 Å². The van der Waals surface area contributed by atoms with Crippen molar-refractivity contribution in [1.82, 2.24) is 9.47 Å². The maximum absolute atomic E-state index is 13.2. The van der Waals surface area contributed by atoms with Crippen LogP contribution in [0.1, 0.15) is 60.2 Å². The van der Waals surface area contributed by atoms with Crippen molar-refractivity contribution in [2.24, 2.45) is 5.92 Å². The van der Waals surface area contributed by atoms with Crippen LogP contribution in [0.4, 0.5) is 5.69 Å². The summed E-state index contributed by atoms with van der Waals surface area (Å²) in [5, 5.41) is 28.3. The van der Waals surface area contributed by atoms with E-state index >= 15 is 0 Å². The molecule has 1 saturated carbocycles. The minimum atomic E-state index is -1.01. The summed E-state index contributed by atoms with van der Waals surface area (Å²) < 4.78 is 9.27. The first kappa shape index (κ1) is 24.8. The zero-order valence-corrected chi connectivity index (χ0v) is 23.8. The number of amides is 1. The van der Waals surface area contributed by atoms with Gasteiger partial charge in [-0.1, -0.05) is 36.4 Å². The summed E-state index contributed by atoms with van der Waals surface area (Å²) in [5.74, 6) is 1.36. The maximum atomic E-state index is 13.2. The van der Waals surface area contributed by atoms with Gasteiger partial charge >= 0.3 is 0 Å². The van der Waals surface area contributed by atoms with E-state index in [0.29, 0.717) is 18.7 Å². The number of hydrogen-bond donors (Lipinski definition) is 3. The SMILES string of the molecule is CC(=O)Nc1cccc(Cn2c3c(c4ccccc42)C[C@@]2(O)[C@@H]4Cc5ccc(O)c6c5[C@@]2(CCN4CC2CC2)[C@H]3O6)c1. The van der Waals surface area contributed by atoms with Crippen LogP contribution in [0.15, 0.2) is 60.7 Å². The Morgan fingerprint density at radius 3 is 2.81 bits per heavy atom. The fourth-order valence-electron chi connectivity index (χ4n) is 9.11. The number of nitrogens with zero attached hydrogens (tertiary/aromatic N) is 2. The van der Waals surface area contributed by atoms with Gasteiger partial charge in [0.2, 0.25) is 5.91 Å². The Bertz CT molecular complexity index is 1810. The number of fused-ring (bicyclic) bond motifs is 4. The van der Waals surface area contributed by atoms with Crippen LogP contribution >= 0.6 is 0 Å². The van der Waals surface area contributed by atoms with E-state index in [9.17, 15) is 15.0 Å². The number of phenols is 1. The number of aromatic hydroxyl groups is 1. The standard InChI is InChI=1S/C35H35N3O4/c1-20(39)36-24-6-4-5-22(15-24)19-38-27-8-3-2-7-25(27)26-17-35(41)29-16-23-11-12-28(40)32-30(23)34(35,33(42-32)31(26)38)13-14-37(29)18-21-9-10-21/h2-8,11-12,15,21,29,33,40-41H,9-10,13-14,16-19H2,1H3,(H,36,39)/t29-,33-,34-,35+/m0/s1. The Kier molecular flexibility index (Phi) is 4.95. The summed E-state index contributed by atoms with van der Waals surface area (Å²) in [6.45, 7) is 4.10. The minimum Gasteiger partial charge on any atom is -0.504 e. The third kappa shape index (κ3) is 3.15. The first-order valence-electron chi connectivity index (χ1n) is 15.3. The van der Waals surface area contributed by atoms with Gasteiger partial charge in [0.1, 0.15) is 0 Å². The predicted octanol–water partition coefficient (Wildman–Crippen LogP) is 5.05. The number of aromatic nitrogens is 1. The molecular formula is C35H35N3O4. The number of hydrogen-bond acceptors (Lipinski definition) is 5. The van der Waals surface area contributed by atoms with E-state index in [0.717, 1.165) is 70.8 Å². The molecule has 3 heterocycles. The molecule has 9 rings (SSSR count). The molecule has 3 aliphatic carbocycles. The van der Waals surface area contributed by atoms with E-state index in [4.69, 9.17) is 4.74 Å². The smallest absolute Gasteiger partial charge is 0.221 e. The van der Waals surface area contributed by atoms with Crippen LogP contribution in [0.2, 0.25) is 0 Å². The van der Waals surface area contributed by atoms with Gasteiger partial charge in [0, 0.05) is 54.6 Å². The average Bonchev–Trinajstić information content (AvgIpc) is 3.64. The van der Waals surface area contributed by atoms with Crippen molar-refractivity contribution in [2.45, 2.75) is 68.7 Å². The van der Waals surface area contributed by atoms with E-state index in [2.05, 4.69) is 51.2 Å². The van der Waals surface area contributed by atoms with Crippen molar-refractivity contribution < 1.29 is 19.7 Å². The normalized spacial score (nSPS) is 28.7. The second-order valence-electron chi connectivity index (χ2n) is 13.3. The van der Waals surface area contributed by atoms with Crippen molar-refractivity contribution in [3.8, 4) is 11.5 Å². The highest BCUT2D eigenvalue weighted by molar-refractivity contribution is 5.89. The lowest BCUT2D eigenvalue weighted by Gasteiger charge is -2.63. The van der Waals surface area contributed by atoms with Crippen LogP contribution in [-0.4, -0.2) is 50.3 Å². The summed E-state index contributed by atoms with van der Waals surface area (Å²) >= 11 is 0. The van der Waals surface area contributed by atoms with Gasteiger partial charge in [0.05, 0.1) is 16.7 Å². The second kappa shape index (κ2) is 8.39. The molecule has 4 aromatic rings. The number of anilines is 1. The lowest BCUT2D eigenvalue weighted by atomic mass is 9.49. The lowest BCUT2D eigenvalue weighted by molar-refractivity contribution is -0.173. The quantitative estimate of drug-likeness (QED) is 0.317. The summed E-state index contributed by atoms with van der Waals surface area (Å²) in [6.07, 6.45) is 4.28. The van der Waals surface area contributed by atoms with E-state index in [1.54, 1.807) is 6.07 Å². The molecule has 3 aromatic carbocycles. The van der Waals surface area contributed by atoms with E-state index in [1.165, 1.54) is 25.3 Å². The molecule has 42 heavy (non-hydrogen) atoms. The van der Waals surface area contributed by atoms with Crippen LogP contribution in [0.3, 0.4) is 0 Å². The van der Waals surface area contributed by atoms with Crippen molar-refractivity contribution >= 4 is 22.5 Å². The Labute approximate surface area is 244 Å². The summed E-state index contributed by atoms with van der Waals surface area (Å²) in [5.41, 5.74) is 5.81. The second-order valence-corrected chi connectivity index (χ2v) is 13.3. The average molecular weight is 562 g/mol. The molecule has 4 atom stereocenters. The van der Waals surface area contributed by atoms with Crippen molar-refractivity contribution in [1.29, 1.82) is 0 Å². The summed E-state index contributed by atoms with van der Waals surface area (Å²) in [6, 6.07) is 20.3. The molecule has 2 aliphatic heterocycles. The first-order chi connectivity index (χ1) is 20.4. The van der Waals surface area contributed by atoms with Gasteiger partial charge in [-0.05, 0) is 79.1 Å². The fraction of sp³-hybridized carbons (Fsp3) is 0.400. The van der Waals surface area contributed by atoms with Crippen LogP contribution in [-0.2, 0) is 29.6 Å². The molecule has 2 bridgehead atoms. The minimum absolute atomic E-state index is 0.00513. The highest BCUT2D eigenvalue weighted by atomic mass is 16.5. The Hall–Kier alpha value is -3.81. The molecule has 3 N–H and O–H groups in total. The van der Waals surface area contributed by atoms with Crippen LogP contribution in [0.5, 0.6) is 11.5 Å². The molecule has 1 aromatic heterocycles. The Morgan fingerprint density at radius 1 is 1.12 bits per heavy atom. The number of carbonyl (C=O) groups is 1. The molecule has 5 aliphatic rings. The maximum Gasteiger partial charge on any atom is 0.221 e. The molecule has 0 radical (unpaired) electrons. The largest absolute Gasteiger partial charge is 0.504 e. The van der Waals surface area contributed by atoms with Gasteiger partial charge in [-0.2, -0.15) is 0 Å². The van der Waals surface area contributed by atoms with Gasteiger partial charge in [-0.3, -0.25) is 9.69 Å². The first-order valence-corrected chi connectivity index (χ1v) is 15.3. The number of phenolic OH excluding ortho intramolecular Hbond substituents is 1. The number of carbonyl (C=O) groups excluding carboxylic acids is 1. The zero-order valence-electron chi connectivity index (χ0n) is 23.8. The predicted molar refractivity (Wildman–Crippen MR) is 160 cm³/mol. The number of aliphatic hydroxyl groups is 1. The number of likely N-dealkylation sites (tertiary alicyclic amines) is 1. The number of benzene rings is 3. The van der Waals surface area contributed by atoms with E-state index in [1.807, 2.05) is 18.2 Å². The highest BCUT2D eigenvalue weighted by Gasteiger charge is 2.73. The molecule has 1 spiro atoms. The van der Waals surface area contributed by atoms with Gasteiger partial charge in [0.25, 0.3) is 0 Å². The summed E-state index contributed by atoms with van der Waals surface area (Å²) in [4.78, 5) is 14.3. The molecule has 1 saturated heterocycles. The summed E-state index contributed by atoms with van der Waals surface area (Å²) in [7, 11) is 0. The van der Waals surface area contributed by atoms with Crippen LogP contribution in [0.25, 0.3) is 10.9 Å². The number of para-hydroxylation sites is 1. The van der Waals surface area contributed by atoms with Crippen molar-refractivity contribution in [3.63, 3.8) is 0 Å². The van der Waals surface area contributed by atoms with Gasteiger partial charge in [0.15, 0.2) is 17.6 Å². The Balaban J connectivity index is 1.26. The highest BCUT2D eigenvalue weighted by Crippen LogP contribution is 2.69. The number of rotatable bonds is 5.